The first-order chi connectivity index (χ1) is 12.6. The molecule has 26 heavy (non-hydrogen) atoms. The van der Waals surface area contributed by atoms with Gasteiger partial charge in [-0.05, 0) is 31.9 Å². The van der Waals surface area contributed by atoms with Crippen LogP contribution >= 0.6 is 23.4 Å². The van der Waals surface area contributed by atoms with E-state index in [0.29, 0.717) is 36.1 Å². The fourth-order valence-electron chi connectivity index (χ4n) is 2.93. The van der Waals surface area contributed by atoms with Crippen molar-refractivity contribution in [1.29, 1.82) is 0 Å². The van der Waals surface area contributed by atoms with Gasteiger partial charge in [-0.2, -0.15) is 4.31 Å². The highest BCUT2D eigenvalue weighted by Crippen LogP contribution is 2.28. The molecule has 1 aromatic carbocycles. The molecule has 0 aliphatic carbocycles. The van der Waals surface area contributed by atoms with E-state index in [2.05, 4.69) is 10.2 Å². The lowest BCUT2D eigenvalue weighted by Crippen LogP contribution is -2.27. The molecule has 0 N–H and O–H groups in total. The van der Waals surface area contributed by atoms with Crippen LogP contribution < -0.4 is 0 Å². The zero-order chi connectivity index (χ0) is 18.6. The van der Waals surface area contributed by atoms with Crippen molar-refractivity contribution >= 4 is 33.4 Å². The van der Waals surface area contributed by atoms with E-state index in [1.807, 2.05) is 23.6 Å². The third-order valence-corrected chi connectivity index (χ3v) is 7.22. The molecular weight excluding hydrogens is 392 g/mol. The van der Waals surface area contributed by atoms with Gasteiger partial charge in [0.05, 0.1) is 4.90 Å². The predicted molar refractivity (Wildman–Crippen MR) is 105 cm³/mol. The number of hydrogen-bond acceptors (Lipinski definition) is 5. The van der Waals surface area contributed by atoms with Crippen LogP contribution in [0.1, 0.15) is 19.8 Å². The highest BCUT2D eigenvalue weighted by Gasteiger charge is 2.27. The smallest absolute Gasteiger partial charge is 0.243 e. The zero-order valence-electron chi connectivity index (χ0n) is 14.5. The quantitative estimate of drug-likeness (QED) is 0.650. The van der Waals surface area contributed by atoms with Crippen LogP contribution in [-0.4, -0.2) is 46.3 Å². The molecular formula is C17H21ClN4O2S2. The van der Waals surface area contributed by atoms with Gasteiger partial charge < -0.3 is 4.57 Å². The normalized spacial score (nSPS) is 15.9. The van der Waals surface area contributed by atoms with Gasteiger partial charge in [0.2, 0.25) is 10.0 Å². The number of rotatable bonds is 7. The maximum absolute atomic E-state index is 12.8. The van der Waals surface area contributed by atoms with Crippen molar-refractivity contribution in [1.82, 2.24) is 19.1 Å². The van der Waals surface area contributed by atoms with Gasteiger partial charge in [-0.1, -0.05) is 41.6 Å². The molecule has 0 unspecified atom stereocenters. The van der Waals surface area contributed by atoms with E-state index in [1.165, 1.54) is 17.3 Å². The minimum atomic E-state index is -3.45. The monoisotopic (exact) mass is 412 g/mol. The first-order valence-electron chi connectivity index (χ1n) is 8.49. The summed E-state index contributed by atoms with van der Waals surface area (Å²) in [6.45, 7) is 3.89. The van der Waals surface area contributed by atoms with Crippen molar-refractivity contribution in [3.05, 3.63) is 35.9 Å². The average molecular weight is 413 g/mol. The summed E-state index contributed by atoms with van der Waals surface area (Å²) in [5, 5.41) is 9.31. The van der Waals surface area contributed by atoms with Crippen LogP contribution in [0.25, 0.3) is 11.4 Å². The second-order valence-corrected chi connectivity index (χ2v) is 9.04. The van der Waals surface area contributed by atoms with E-state index in [1.54, 1.807) is 22.5 Å². The van der Waals surface area contributed by atoms with E-state index in [4.69, 9.17) is 11.6 Å². The third-order valence-electron chi connectivity index (χ3n) is 4.23. The lowest BCUT2D eigenvalue weighted by Gasteiger charge is -2.16. The fraction of sp³-hybridized carbons (Fsp3) is 0.412. The maximum atomic E-state index is 12.8. The largest absolute Gasteiger partial charge is 0.302 e. The molecule has 2 aromatic rings. The van der Waals surface area contributed by atoms with Crippen LogP contribution in [0.3, 0.4) is 0 Å². The van der Waals surface area contributed by atoms with Gasteiger partial charge in [0.15, 0.2) is 11.0 Å². The highest BCUT2D eigenvalue weighted by atomic mass is 35.5. The molecule has 0 saturated carbocycles. The summed E-state index contributed by atoms with van der Waals surface area (Å²) in [5.74, 6) is 1.37. The van der Waals surface area contributed by atoms with Gasteiger partial charge in [0.1, 0.15) is 0 Å². The molecule has 6 nitrogen and oxygen atoms in total. The molecule has 1 saturated heterocycles. The van der Waals surface area contributed by atoms with Gasteiger partial charge in [-0.25, -0.2) is 8.42 Å². The van der Waals surface area contributed by atoms with Crippen LogP contribution in [0.15, 0.2) is 45.9 Å². The lowest BCUT2D eigenvalue weighted by molar-refractivity contribution is 0.477. The van der Waals surface area contributed by atoms with Crippen LogP contribution in [0, 0.1) is 0 Å². The Kier molecular flexibility index (Phi) is 6.39. The summed E-state index contributed by atoms with van der Waals surface area (Å²) in [5.41, 5.74) is 2.23. The molecule has 0 bridgehead atoms. The molecule has 0 amide bonds. The molecule has 0 spiro atoms. The lowest BCUT2D eigenvalue weighted by atomic mass is 10.2. The second-order valence-electron chi connectivity index (χ2n) is 5.86. The minimum absolute atomic E-state index is 0.307. The molecule has 0 radical (unpaired) electrons. The first-order valence-corrected chi connectivity index (χ1v) is 11.4. The molecule has 1 aliphatic heterocycles. The van der Waals surface area contributed by atoms with E-state index in [0.717, 1.165) is 23.6 Å². The number of benzene rings is 1. The van der Waals surface area contributed by atoms with Crippen LogP contribution in [-0.2, 0) is 16.6 Å². The Balaban J connectivity index is 1.93. The Morgan fingerprint density at radius 1 is 1.27 bits per heavy atom. The summed E-state index contributed by atoms with van der Waals surface area (Å²) in [4.78, 5) is 0.307. The number of halogens is 1. The van der Waals surface area contributed by atoms with E-state index < -0.39 is 10.0 Å². The van der Waals surface area contributed by atoms with Crippen molar-refractivity contribution in [2.45, 2.75) is 36.4 Å². The number of thioether (sulfide) groups is 1. The second kappa shape index (κ2) is 8.56. The van der Waals surface area contributed by atoms with Crippen LogP contribution in [0.4, 0.5) is 0 Å². The molecule has 0 atom stereocenters. The summed E-state index contributed by atoms with van der Waals surface area (Å²) in [6, 6.07) is 6.96. The molecule has 3 rings (SSSR count). The Bertz CT molecular complexity index is 890. The topological polar surface area (TPSA) is 68.1 Å². The summed E-state index contributed by atoms with van der Waals surface area (Å²) in [6.07, 6.45) is 3.67. The fourth-order valence-corrected chi connectivity index (χ4v) is 5.50. The SMILES string of the molecule is CCn1c(SC/C=C/Cl)nnc1-c1cccc(S(=O)(=O)N2CCCC2)c1. The van der Waals surface area contributed by atoms with Crippen molar-refractivity contribution in [2.75, 3.05) is 18.8 Å². The van der Waals surface area contributed by atoms with Gasteiger partial charge in [0.25, 0.3) is 0 Å². The Labute approximate surface area is 163 Å². The van der Waals surface area contributed by atoms with E-state index in [-0.39, 0.29) is 0 Å². The summed E-state index contributed by atoms with van der Waals surface area (Å²) < 4.78 is 29.2. The van der Waals surface area contributed by atoms with Crippen molar-refractivity contribution in [3.8, 4) is 11.4 Å². The standard InChI is InChI=1S/C17H21ClN4O2S2/c1-2-22-16(19-20-17(22)25-12-6-9-18)14-7-5-8-15(13-14)26(23,24)21-10-3-4-11-21/h5-9,13H,2-4,10-12H2,1H3/b9-6+. The molecule has 2 heterocycles. The maximum Gasteiger partial charge on any atom is 0.243 e. The molecule has 1 aromatic heterocycles. The molecule has 9 heteroatoms. The Morgan fingerprint density at radius 2 is 2.04 bits per heavy atom. The van der Waals surface area contributed by atoms with Gasteiger partial charge in [-0.15, -0.1) is 10.2 Å². The van der Waals surface area contributed by atoms with E-state index in [9.17, 15) is 8.42 Å². The number of hydrogen-bond donors (Lipinski definition) is 0. The third kappa shape index (κ3) is 3.98. The van der Waals surface area contributed by atoms with Gasteiger partial charge in [-0.3, -0.25) is 0 Å². The molecule has 1 fully saturated rings. The number of aromatic nitrogens is 3. The van der Waals surface area contributed by atoms with Crippen molar-refractivity contribution in [2.24, 2.45) is 0 Å². The molecule has 140 valence electrons. The predicted octanol–water partition coefficient (Wildman–Crippen LogP) is 3.59. The first kappa shape index (κ1) is 19.4. The van der Waals surface area contributed by atoms with Crippen LogP contribution in [0.2, 0.25) is 0 Å². The number of sulfonamides is 1. The van der Waals surface area contributed by atoms with Crippen LogP contribution in [0.5, 0.6) is 0 Å². The number of nitrogens with zero attached hydrogens (tertiary/aromatic N) is 4. The summed E-state index contributed by atoms with van der Waals surface area (Å²) in [7, 11) is -3.45. The van der Waals surface area contributed by atoms with Crippen molar-refractivity contribution < 1.29 is 8.42 Å². The minimum Gasteiger partial charge on any atom is -0.302 e. The van der Waals surface area contributed by atoms with E-state index >= 15 is 0 Å². The Morgan fingerprint density at radius 3 is 2.73 bits per heavy atom. The zero-order valence-corrected chi connectivity index (χ0v) is 16.9. The van der Waals surface area contributed by atoms with Gasteiger partial charge >= 0.3 is 0 Å². The Hall–Kier alpha value is -1.35. The molecule has 1 aliphatic rings. The summed E-state index contributed by atoms with van der Waals surface area (Å²) >= 11 is 7.09. The van der Waals surface area contributed by atoms with Crippen molar-refractivity contribution in [3.63, 3.8) is 0 Å². The van der Waals surface area contributed by atoms with Gasteiger partial charge in [0, 0.05) is 36.5 Å². The average Bonchev–Trinajstić information content (AvgIpc) is 3.32. The highest BCUT2D eigenvalue weighted by molar-refractivity contribution is 7.99.